The molecular weight excluding hydrogens is 309 g/mol. The highest BCUT2D eigenvalue weighted by atomic mass is 79.9. The summed E-state index contributed by atoms with van der Waals surface area (Å²) in [5.74, 6) is -2.35. The van der Waals surface area contributed by atoms with Gasteiger partial charge in [-0.15, -0.1) is 0 Å². The summed E-state index contributed by atoms with van der Waals surface area (Å²) < 4.78 is 17.8. The number of benzene rings is 1. The highest BCUT2D eigenvalue weighted by Crippen LogP contribution is 2.28. The molecule has 1 aromatic rings. The van der Waals surface area contributed by atoms with Crippen LogP contribution >= 0.6 is 15.9 Å². The lowest BCUT2D eigenvalue weighted by atomic mass is 10.2. The van der Waals surface area contributed by atoms with Gasteiger partial charge in [0.25, 0.3) is 0 Å². The van der Waals surface area contributed by atoms with Crippen molar-refractivity contribution in [3.05, 3.63) is 40.6 Å². The van der Waals surface area contributed by atoms with Crippen molar-refractivity contribution in [2.75, 3.05) is 11.9 Å². The van der Waals surface area contributed by atoms with Gasteiger partial charge in [-0.3, -0.25) is 5.32 Å². The highest BCUT2D eigenvalue weighted by Gasteiger charge is 2.18. The van der Waals surface area contributed by atoms with E-state index in [-0.39, 0.29) is 16.8 Å². The SMILES string of the molecule is C=CCOC(=O)Nc1ccc(F)c(C(=O)O)c1Br. The topological polar surface area (TPSA) is 75.6 Å². The molecule has 1 amide bonds. The van der Waals surface area contributed by atoms with E-state index in [1.165, 1.54) is 12.1 Å². The molecule has 1 aromatic carbocycles. The minimum absolute atomic E-state index is 0.0104. The van der Waals surface area contributed by atoms with Gasteiger partial charge in [0.05, 0.1) is 10.2 Å². The molecule has 0 aromatic heterocycles. The molecule has 0 bridgehead atoms. The Morgan fingerprint density at radius 3 is 2.78 bits per heavy atom. The number of hydrogen-bond acceptors (Lipinski definition) is 3. The molecule has 0 spiro atoms. The van der Waals surface area contributed by atoms with Crippen molar-refractivity contribution in [1.82, 2.24) is 0 Å². The Labute approximate surface area is 110 Å². The van der Waals surface area contributed by atoms with Crippen LogP contribution in [0.3, 0.4) is 0 Å². The molecule has 0 fully saturated rings. The minimum Gasteiger partial charge on any atom is -0.478 e. The van der Waals surface area contributed by atoms with Crippen molar-refractivity contribution in [3.63, 3.8) is 0 Å². The lowest BCUT2D eigenvalue weighted by molar-refractivity contribution is 0.0690. The zero-order chi connectivity index (χ0) is 13.7. The Bertz CT molecular complexity index is 504. The van der Waals surface area contributed by atoms with Crippen LogP contribution in [0.5, 0.6) is 0 Å². The van der Waals surface area contributed by atoms with Gasteiger partial charge in [-0.05, 0) is 28.1 Å². The third-order valence-electron chi connectivity index (χ3n) is 1.87. The summed E-state index contributed by atoms with van der Waals surface area (Å²) >= 11 is 2.92. The van der Waals surface area contributed by atoms with Crippen molar-refractivity contribution < 1.29 is 23.8 Å². The molecule has 0 radical (unpaired) electrons. The highest BCUT2D eigenvalue weighted by molar-refractivity contribution is 9.10. The Morgan fingerprint density at radius 2 is 2.22 bits per heavy atom. The van der Waals surface area contributed by atoms with Crippen molar-refractivity contribution in [2.45, 2.75) is 0 Å². The number of amides is 1. The summed E-state index contributed by atoms with van der Waals surface area (Å²) in [6.45, 7) is 3.37. The molecule has 2 N–H and O–H groups in total. The van der Waals surface area contributed by atoms with Gasteiger partial charge in [0.2, 0.25) is 0 Å². The van der Waals surface area contributed by atoms with Crippen molar-refractivity contribution in [2.24, 2.45) is 0 Å². The fourth-order valence-corrected chi connectivity index (χ4v) is 1.72. The molecule has 0 saturated carbocycles. The van der Waals surface area contributed by atoms with Gasteiger partial charge in [0.1, 0.15) is 18.0 Å². The van der Waals surface area contributed by atoms with Crippen LogP contribution in [0, 0.1) is 5.82 Å². The van der Waals surface area contributed by atoms with E-state index in [2.05, 4.69) is 32.6 Å². The molecule has 5 nitrogen and oxygen atoms in total. The van der Waals surface area contributed by atoms with Crippen LogP contribution in [0.1, 0.15) is 10.4 Å². The van der Waals surface area contributed by atoms with Crippen LogP contribution in [-0.2, 0) is 4.74 Å². The molecule has 7 heteroatoms. The van der Waals surface area contributed by atoms with E-state index in [4.69, 9.17) is 5.11 Å². The maximum absolute atomic E-state index is 13.3. The number of hydrogen-bond donors (Lipinski definition) is 2. The molecule has 0 aliphatic carbocycles. The first kappa shape index (κ1) is 14.2. The number of carboxylic acids is 1. The Kier molecular flexibility index (Phi) is 4.85. The summed E-state index contributed by atoms with van der Waals surface area (Å²) in [6, 6.07) is 2.17. The largest absolute Gasteiger partial charge is 0.478 e. The van der Waals surface area contributed by atoms with E-state index in [0.29, 0.717) is 0 Å². The van der Waals surface area contributed by atoms with Crippen LogP contribution in [-0.4, -0.2) is 23.8 Å². The smallest absolute Gasteiger partial charge is 0.411 e. The first-order valence-corrected chi connectivity index (χ1v) is 5.52. The number of carbonyl (C=O) groups is 2. The molecule has 0 saturated heterocycles. The van der Waals surface area contributed by atoms with Crippen LogP contribution in [0.4, 0.5) is 14.9 Å². The molecule has 0 atom stereocenters. The van der Waals surface area contributed by atoms with Gasteiger partial charge in [0, 0.05) is 0 Å². The molecular formula is C11H9BrFNO4. The first-order valence-electron chi connectivity index (χ1n) is 4.73. The average Bonchev–Trinajstić information content (AvgIpc) is 2.30. The Hall–Kier alpha value is -1.89. The number of ether oxygens (including phenoxy) is 1. The van der Waals surface area contributed by atoms with Crippen molar-refractivity contribution >= 4 is 33.7 Å². The van der Waals surface area contributed by atoms with Crippen molar-refractivity contribution in [3.8, 4) is 0 Å². The second kappa shape index (κ2) is 6.15. The van der Waals surface area contributed by atoms with Gasteiger partial charge in [-0.2, -0.15) is 0 Å². The summed E-state index contributed by atoms with van der Waals surface area (Å²) in [5, 5.41) is 11.1. The van der Waals surface area contributed by atoms with Crippen LogP contribution < -0.4 is 5.32 Å². The predicted octanol–water partition coefficient (Wildman–Crippen LogP) is 3.02. The molecule has 0 heterocycles. The molecule has 96 valence electrons. The number of carboxylic acid groups (broad SMARTS) is 1. The van der Waals surface area contributed by atoms with E-state index >= 15 is 0 Å². The van der Waals surface area contributed by atoms with E-state index < -0.39 is 23.4 Å². The Balaban J connectivity index is 2.97. The van der Waals surface area contributed by atoms with E-state index in [0.717, 1.165) is 6.07 Å². The summed E-state index contributed by atoms with van der Waals surface area (Å²) in [5.41, 5.74) is -0.459. The normalized spacial score (nSPS) is 9.67. The van der Waals surface area contributed by atoms with Gasteiger partial charge >= 0.3 is 12.1 Å². The van der Waals surface area contributed by atoms with Gasteiger partial charge in [-0.25, -0.2) is 14.0 Å². The van der Waals surface area contributed by atoms with E-state index in [9.17, 15) is 14.0 Å². The fraction of sp³-hybridized carbons (Fsp3) is 0.0909. The number of aromatic carboxylic acids is 1. The van der Waals surface area contributed by atoms with Gasteiger partial charge < -0.3 is 9.84 Å². The predicted molar refractivity (Wildman–Crippen MR) is 66.2 cm³/mol. The monoisotopic (exact) mass is 317 g/mol. The maximum atomic E-state index is 13.3. The summed E-state index contributed by atoms with van der Waals surface area (Å²) in [6.07, 6.45) is 0.584. The van der Waals surface area contributed by atoms with E-state index in [1.54, 1.807) is 0 Å². The van der Waals surface area contributed by atoms with E-state index in [1.807, 2.05) is 0 Å². The zero-order valence-electron chi connectivity index (χ0n) is 9.07. The number of rotatable bonds is 4. The zero-order valence-corrected chi connectivity index (χ0v) is 10.7. The summed E-state index contributed by atoms with van der Waals surface area (Å²) in [4.78, 5) is 22.1. The molecule has 0 aliphatic rings. The van der Waals surface area contributed by atoms with Crippen LogP contribution in [0.25, 0.3) is 0 Å². The fourth-order valence-electron chi connectivity index (χ4n) is 1.13. The third kappa shape index (κ3) is 3.30. The lowest BCUT2D eigenvalue weighted by Gasteiger charge is -2.09. The number of anilines is 1. The second-order valence-corrected chi connectivity index (χ2v) is 3.89. The standard InChI is InChI=1S/C11H9BrFNO4/c1-2-5-18-11(17)14-7-4-3-6(13)8(9(7)12)10(15)16/h2-4H,1,5H2,(H,14,17)(H,15,16). The quantitative estimate of drug-likeness (QED) is 0.837. The number of carbonyl (C=O) groups excluding carboxylic acids is 1. The molecule has 0 unspecified atom stereocenters. The number of halogens is 2. The van der Waals surface area contributed by atoms with Crippen molar-refractivity contribution in [1.29, 1.82) is 0 Å². The third-order valence-corrected chi connectivity index (χ3v) is 2.70. The minimum atomic E-state index is -1.44. The maximum Gasteiger partial charge on any atom is 0.411 e. The van der Waals surface area contributed by atoms with Crippen LogP contribution in [0.15, 0.2) is 29.3 Å². The number of nitrogens with one attached hydrogen (secondary N) is 1. The Morgan fingerprint density at radius 1 is 1.56 bits per heavy atom. The van der Waals surface area contributed by atoms with Gasteiger partial charge in [-0.1, -0.05) is 12.7 Å². The second-order valence-electron chi connectivity index (χ2n) is 3.10. The molecule has 18 heavy (non-hydrogen) atoms. The lowest BCUT2D eigenvalue weighted by Crippen LogP contribution is -2.15. The summed E-state index contributed by atoms with van der Waals surface area (Å²) in [7, 11) is 0. The first-order chi connectivity index (χ1) is 8.47. The average molecular weight is 318 g/mol. The van der Waals surface area contributed by atoms with Crippen LogP contribution in [0.2, 0.25) is 0 Å². The molecule has 1 rings (SSSR count). The van der Waals surface area contributed by atoms with Gasteiger partial charge in [0.15, 0.2) is 0 Å². The molecule has 0 aliphatic heterocycles.